The zero-order valence-corrected chi connectivity index (χ0v) is 14.7. The molecule has 0 saturated heterocycles. The van der Waals surface area contributed by atoms with Crippen LogP contribution >= 0.6 is 0 Å². The average Bonchev–Trinajstić information content (AvgIpc) is 3.24. The van der Waals surface area contributed by atoms with Crippen LogP contribution in [-0.4, -0.2) is 33.9 Å². The second kappa shape index (κ2) is 6.92. The van der Waals surface area contributed by atoms with Crippen molar-refractivity contribution in [3.8, 4) is 5.75 Å². The molecule has 1 aromatic carbocycles. The normalized spacial score (nSPS) is 15.2. The van der Waals surface area contributed by atoms with Gasteiger partial charge in [-0.15, -0.1) is 0 Å². The molecule has 0 bridgehead atoms. The maximum absolute atomic E-state index is 12.6. The molecular weight excluding hydrogens is 362 g/mol. The van der Waals surface area contributed by atoms with Gasteiger partial charge < -0.3 is 24.9 Å². The van der Waals surface area contributed by atoms with Gasteiger partial charge in [0.2, 0.25) is 11.7 Å². The number of ketones is 1. The molecule has 140 valence electrons. The van der Waals surface area contributed by atoms with Crippen molar-refractivity contribution in [1.29, 1.82) is 0 Å². The fourth-order valence-corrected chi connectivity index (χ4v) is 2.92. The number of methoxy groups -OCH3 is 1. The van der Waals surface area contributed by atoms with Crippen molar-refractivity contribution >= 4 is 34.5 Å². The third-order valence-electron chi connectivity index (χ3n) is 4.23. The Bertz CT molecular complexity index is 1160. The number of nitrogens with one attached hydrogen (secondary N) is 2. The van der Waals surface area contributed by atoms with Crippen molar-refractivity contribution in [1.82, 2.24) is 9.97 Å². The Hall–Kier alpha value is -4.07. The van der Waals surface area contributed by atoms with Crippen LogP contribution in [-0.2, 0) is 14.3 Å². The molecule has 0 saturated carbocycles. The number of allylic oxidation sites excluding steroid dienone is 1. The van der Waals surface area contributed by atoms with E-state index in [0.717, 1.165) is 5.39 Å². The molecule has 0 atom stereocenters. The van der Waals surface area contributed by atoms with Crippen molar-refractivity contribution in [2.45, 2.75) is 0 Å². The highest BCUT2D eigenvalue weighted by molar-refractivity contribution is 6.26. The first-order chi connectivity index (χ1) is 13.6. The molecule has 0 unspecified atom stereocenters. The number of aromatic amines is 1. The number of aromatic nitrogens is 2. The number of carboxylic acid groups (broad SMARTS) is 1. The Morgan fingerprint density at radius 2 is 2.11 bits per heavy atom. The molecule has 8 heteroatoms. The Morgan fingerprint density at radius 1 is 1.29 bits per heavy atom. The van der Waals surface area contributed by atoms with E-state index in [1.54, 1.807) is 42.7 Å². The molecule has 3 aromatic rings. The maximum Gasteiger partial charge on any atom is 0.345 e. The van der Waals surface area contributed by atoms with Crippen molar-refractivity contribution in [2.75, 3.05) is 12.4 Å². The Morgan fingerprint density at radius 3 is 2.89 bits per heavy atom. The molecule has 1 aliphatic rings. The third-order valence-corrected chi connectivity index (χ3v) is 4.23. The highest BCUT2D eigenvalue weighted by Gasteiger charge is 2.36. The SMILES string of the molecule is COc1ccccc1NC1=C(C(=O)O)C(=O)/C(=C/c2c[nH]c3ncccc23)O1. The standard InChI is InChI=1S/C20H15N3O5/c1-27-14-7-3-2-6-13(14)23-19-16(20(25)26)17(24)15(28-19)9-11-10-22-18-12(11)5-4-8-21-18/h2-10,23H,1H3,(H,21,22)(H,25,26)/b15-9-. The predicted molar refractivity (Wildman–Crippen MR) is 101 cm³/mol. The number of anilines is 1. The number of nitrogens with zero attached hydrogens (tertiary/aromatic N) is 1. The smallest absolute Gasteiger partial charge is 0.345 e. The average molecular weight is 377 g/mol. The van der Waals surface area contributed by atoms with Crippen LogP contribution in [0.15, 0.2) is 66.0 Å². The first kappa shape index (κ1) is 17.3. The summed E-state index contributed by atoms with van der Waals surface area (Å²) < 4.78 is 10.8. The van der Waals surface area contributed by atoms with Crippen LogP contribution in [0.2, 0.25) is 0 Å². The van der Waals surface area contributed by atoms with Gasteiger partial charge in [-0.2, -0.15) is 0 Å². The second-order valence-corrected chi connectivity index (χ2v) is 5.92. The number of carbonyl (C=O) groups is 2. The Labute approximate surface area is 159 Å². The summed E-state index contributed by atoms with van der Waals surface area (Å²) in [6.07, 6.45) is 4.81. The van der Waals surface area contributed by atoms with E-state index in [-0.39, 0.29) is 11.6 Å². The number of hydrogen-bond donors (Lipinski definition) is 3. The molecule has 4 rings (SSSR count). The Balaban J connectivity index is 1.71. The first-order valence-corrected chi connectivity index (χ1v) is 8.32. The fourth-order valence-electron chi connectivity index (χ4n) is 2.92. The number of rotatable bonds is 5. The summed E-state index contributed by atoms with van der Waals surface area (Å²) in [6.45, 7) is 0. The number of fused-ring (bicyclic) bond motifs is 1. The van der Waals surface area contributed by atoms with Crippen LogP contribution in [0.1, 0.15) is 5.56 Å². The van der Waals surface area contributed by atoms with E-state index in [1.807, 2.05) is 6.07 Å². The second-order valence-electron chi connectivity index (χ2n) is 5.92. The molecule has 2 aromatic heterocycles. The lowest BCUT2D eigenvalue weighted by Gasteiger charge is -2.11. The molecule has 1 aliphatic heterocycles. The summed E-state index contributed by atoms with van der Waals surface area (Å²) in [5.74, 6) is -1.88. The van der Waals surface area contributed by atoms with Gasteiger partial charge in [0.15, 0.2) is 11.3 Å². The number of H-pyrrole nitrogens is 1. The first-order valence-electron chi connectivity index (χ1n) is 8.32. The van der Waals surface area contributed by atoms with Crippen LogP contribution in [0.3, 0.4) is 0 Å². The topological polar surface area (TPSA) is 114 Å². The van der Waals surface area contributed by atoms with Crippen molar-refractivity contribution in [2.24, 2.45) is 0 Å². The molecule has 3 N–H and O–H groups in total. The van der Waals surface area contributed by atoms with E-state index in [1.165, 1.54) is 13.2 Å². The molecule has 0 spiro atoms. The molecular formula is C20H15N3O5. The summed E-state index contributed by atoms with van der Waals surface area (Å²) in [4.78, 5) is 31.5. The van der Waals surface area contributed by atoms with Gasteiger partial charge in [-0.1, -0.05) is 12.1 Å². The number of aliphatic carboxylic acids is 1. The molecule has 0 radical (unpaired) electrons. The molecule has 0 fully saturated rings. The molecule has 3 heterocycles. The van der Waals surface area contributed by atoms with Crippen LogP contribution in [0.25, 0.3) is 17.1 Å². The Kier molecular flexibility index (Phi) is 4.29. The van der Waals surface area contributed by atoms with Gasteiger partial charge in [-0.05, 0) is 30.3 Å². The van der Waals surface area contributed by atoms with Gasteiger partial charge in [0.1, 0.15) is 11.4 Å². The van der Waals surface area contributed by atoms with Gasteiger partial charge >= 0.3 is 5.97 Å². The van der Waals surface area contributed by atoms with E-state index in [2.05, 4.69) is 15.3 Å². The van der Waals surface area contributed by atoms with Gasteiger partial charge in [-0.25, -0.2) is 9.78 Å². The van der Waals surface area contributed by atoms with E-state index >= 15 is 0 Å². The maximum atomic E-state index is 12.6. The summed E-state index contributed by atoms with van der Waals surface area (Å²) in [6, 6.07) is 10.5. The molecule has 8 nitrogen and oxygen atoms in total. The number of benzene rings is 1. The van der Waals surface area contributed by atoms with Crippen molar-refractivity contribution in [3.63, 3.8) is 0 Å². The minimum atomic E-state index is -1.38. The van der Waals surface area contributed by atoms with Gasteiger partial charge in [0.05, 0.1) is 12.8 Å². The fraction of sp³-hybridized carbons (Fsp3) is 0.0500. The van der Waals surface area contributed by atoms with Gasteiger partial charge in [-0.3, -0.25) is 4.79 Å². The number of ether oxygens (including phenoxy) is 2. The zero-order valence-electron chi connectivity index (χ0n) is 14.7. The zero-order chi connectivity index (χ0) is 19.7. The lowest BCUT2D eigenvalue weighted by atomic mass is 10.1. The number of carbonyl (C=O) groups excluding carboxylic acids is 1. The van der Waals surface area contributed by atoms with Crippen LogP contribution in [0, 0.1) is 0 Å². The lowest BCUT2D eigenvalue weighted by Crippen LogP contribution is -2.12. The third kappa shape index (κ3) is 2.96. The minimum absolute atomic E-state index is 0.0976. The summed E-state index contributed by atoms with van der Waals surface area (Å²) in [5, 5.41) is 13.1. The monoisotopic (exact) mass is 377 g/mol. The summed E-state index contributed by atoms with van der Waals surface area (Å²) >= 11 is 0. The van der Waals surface area contributed by atoms with Crippen LogP contribution in [0.4, 0.5) is 5.69 Å². The summed E-state index contributed by atoms with van der Waals surface area (Å²) in [7, 11) is 1.49. The van der Waals surface area contributed by atoms with Crippen LogP contribution in [0.5, 0.6) is 5.75 Å². The van der Waals surface area contributed by atoms with Crippen LogP contribution < -0.4 is 10.1 Å². The molecule has 0 aliphatic carbocycles. The largest absolute Gasteiger partial charge is 0.495 e. The van der Waals surface area contributed by atoms with E-state index in [9.17, 15) is 14.7 Å². The van der Waals surface area contributed by atoms with Gasteiger partial charge in [0, 0.05) is 23.3 Å². The van der Waals surface area contributed by atoms with Crippen molar-refractivity contribution < 1.29 is 24.2 Å². The molecule has 0 amide bonds. The number of Topliss-reactive ketones (excluding diaryl/α,β-unsaturated/α-hetero) is 1. The molecule has 28 heavy (non-hydrogen) atoms. The van der Waals surface area contributed by atoms with Crippen molar-refractivity contribution in [3.05, 3.63) is 71.6 Å². The van der Waals surface area contributed by atoms with E-state index in [0.29, 0.717) is 22.6 Å². The number of pyridine rings is 1. The number of para-hydroxylation sites is 2. The lowest BCUT2D eigenvalue weighted by molar-refractivity contribution is -0.134. The van der Waals surface area contributed by atoms with E-state index < -0.39 is 17.3 Å². The predicted octanol–water partition coefficient (Wildman–Crippen LogP) is 2.92. The van der Waals surface area contributed by atoms with Gasteiger partial charge in [0.25, 0.3) is 0 Å². The highest BCUT2D eigenvalue weighted by Crippen LogP contribution is 2.32. The summed E-state index contributed by atoms with van der Waals surface area (Å²) in [5.41, 5.74) is 1.31. The quantitative estimate of drug-likeness (QED) is 0.463. The number of carboxylic acids is 1. The van der Waals surface area contributed by atoms with E-state index in [4.69, 9.17) is 9.47 Å². The highest BCUT2D eigenvalue weighted by atomic mass is 16.5. The minimum Gasteiger partial charge on any atom is -0.495 e. The number of hydrogen-bond acceptors (Lipinski definition) is 6.